The molecule has 1 amide bonds. The van der Waals surface area contributed by atoms with Gasteiger partial charge >= 0.3 is 0 Å². The third-order valence-electron chi connectivity index (χ3n) is 4.41. The monoisotopic (exact) mass is 346 g/mol. The van der Waals surface area contributed by atoms with Gasteiger partial charge in [0.2, 0.25) is 0 Å². The fourth-order valence-electron chi connectivity index (χ4n) is 3.06. The van der Waals surface area contributed by atoms with Gasteiger partial charge in [-0.3, -0.25) is 9.78 Å². The summed E-state index contributed by atoms with van der Waals surface area (Å²) < 4.78 is 10.9. The molecule has 130 valence electrons. The van der Waals surface area contributed by atoms with E-state index in [9.17, 15) is 4.79 Å². The summed E-state index contributed by atoms with van der Waals surface area (Å²) >= 11 is 0. The van der Waals surface area contributed by atoms with E-state index in [1.807, 2.05) is 48.5 Å². The van der Waals surface area contributed by atoms with E-state index in [1.54, 1.807) is 19.5 Å². The van der Waals surface area contributed by atoms with Crippen LogP contribution in [0.4, 0.5) is 0 Å². The minimum atomic E-state index is -0.115. The number of fused-ring (bicyclic) bond motifs is 3. The van der Waals surface area contributed by atoms with Crippen LogP contribution in [0.2, 0.25) is 0 Å². The third-order valence-corrected chi connectivity index (χ3v) is 4.41. The molecule has 0 bridgehead atoms. The van der Waals surface area contributed by atoms with Gasteiger partial charge in [-0.05, 0) is 47.0 Å². The van der Waals surface area contributed by atoms with Gasteiger partial charge in [0.25, 0.3) is 5.91 Å². The van der Waals surface area contributed by atoms with Crippen molar-refractivity contribution < 1.29 is 14.3 Å². The van der Waals surface area contributed by atoms with Crippen LogP contribution in [0, 0.1) is 0 Å². The highest BCUT2D eigenvalue weighted by Crippen LogP contribution is 2.36. The van der Waals surface area contributed by atoms with Crippen LogP contribution in [0.15, 0.2) is 60.9 Å². The lowest BCUT2D eigenvalue weighted by Gasteiger charge is -2.20. The smallest absolute Gasteiger partial charge is 0.251 e. The Bertz CT molecular complexity index is 969. The van der Waals surface area contributed by atoms with Crippen molar-refractivity contribution in [2.24, 2.45) is 0 Å². The molecular formula is C21H18N2O3. The van der Waals surface area contributed by atoms with Crippen molar-refractivity contribution in [1.29, 1.82) is 0 Å². The Morgan fingerprint density at radius 3 is 3.00 bits per heavy atom. The summed E-state index contributed by atoms with van der Waals surface area (Å²) in [5, 5.41) is 2.95. The van der Waals surface area contributed by atoms with Gasteiger partial charge in [0.15, 0.2) is 0 Å². The number of hydrogen-bond acceptors (Lipinski definition) is 4. The Morgan fingerprint density at radius 2 is 2.12 bits per heavy atom. The van der Waals surface area contributed by atoms with Gasteiger partial charge in [-0.15, -0.1) is 0 Å². The molecule has 1 aromatic heterocycles. The second-order valence-corrected chi connectivity index (χ2v) is 6.07. The average molecular weight is 346 g/mol. The molecule has 0 saturated carbocycles. The lowest BCUT2D eigenvalue weighted by Crippen LogP contribution is -2.23. The lowest BCUT2D eigenvalue weighted by atomic mass is 9.96. The number of nitrogens with zero attached hydrogens (tertiary/aromatic N) is 1. The summed E-state index contributed by atoms with van der Waals surface area (Å²) in [6, 6.07) is 15.3. The molecule has 5 heteroatoms. The molecule has 0 unspecified atom stereocenters. The average Bonchev–Trinajstić information content (AvgIpc) is 2.71. The van der Waals surface area contributed by atoms with Crippen molar-refractivity contribution in [1.82, 2.24) is 10.3 Å². The number of nitrogens with one attached hydrogen (secondary N) is 1. The number of carbonyl (C=O) groups is 1. The quantitative estimate of drug-likeness (QED) is 0.784. The predicted molar refractivity (Wildman–Crippen MR) is 98.2 cm³/mol. The standard InChI is InChI=1S/C21H18N2O3/c1-25-17-4-2-3-14(9-17)11-23-21(24)15-5-6-18-16(10-15)13-26-20-12-22-8-7-19(18)20/h2-10,12H,11,13H2,1H3,(H,23,24). The number of carbonyl (C=O) groups excluding carboxylic acids is 1. The summed E-state index contributed by atoms with van der Waals surface area (Å²) in [4.78, 5) is 16.6. The third kappa shape index (κ3) is 3.11. The van der Waals surface area contributed by atoms with E-state index >= 15 is 0 Å². The normalized spacial score (nSPS) is 11.7. The summed E-state index contributed by atoms with van der Waals surface area (Å²) in [6.07, 6.45) is 3.46. The molecule has 2 heterocycles. The first kappa shape index (κ1) is 16.1. The minimum absolute atomic E-state index is 0.115. The van der Waals surface area contributed by atoms with Crippen molar-refractivity contribution in [3.63, 3.8) is 0 Å². The van der Waals surface area contributed by atoms with Crippen molar-refractivity contribution >= 4 is 5.91 Å². The molecule has 2 aromatic carbocycles. The maximum atomic E-state index is 12.5. The van der Waals surface area contributed by atoms with E-state index < -0.39 is 0 Å². The van der Waals surface area contributed by atoms with E-state index in [-0.39, 0.29) is 5.91 Å². The second kappa shape index (κ2) is 6.88. The van der Waals surface area contributed by atoms with Gasteiger partial charge in [0.05, 0.1) is 13.3 Å². The van der Waals surface area contributed by atoms with E-state index in [0.29, 0.717) is 18.7 Å². The van der Waals surface area contributed by atoms with Crippen LogP contribution in [0.5, 0.6) is 11.5 Å². The van der Waals surface area contributed by atoms with E-state index in [4.69, 9.17) is 9.47 Å². The fraction of sp³-hybridized carbons (Fsp3) is 0.143. The number of benzene rings is 2. The van der Waals surface area contributed by atoms with Gasteiger partial charge in [-0.1, -0.05) is 18.2 Å². The first-order valence-corrected chi connectivity index (χ1v) is 8.36. The van der Waals surface area contributed by atoms with Gasteiger partial charge in [0, 0.05) is 23.9 Å². The van der Waals surface area contributed by atoms with Gasteiger partial charge in [0.1, 0.15) is 18.1 Å². The van der Waals surface area contributed by atoms with Crippen LogP contribution in [-0.2, 0) is 13.2 Å². The largest absolute Gasteiger partial charge is 0.497 e. The Balaban J connectivity index is 1.51. The zero-order valence-electron chi connectivity index (χ0n) is 14.4. The Morgan fingerprint density at radius 1 is 1.19 bits per heavy atom. The van der Waals surface area contributed by atoms with E-state index in [1.165, 1.54) is 0 Å². The van der Waals surface area contributed by atoms with Crippen LogP contribution in [0.25, 0.3) is 11.1 Å². The number of pyridine rings is 1. The van der Waals surface area contributed by atoms with Gasteiger partial charge < -0.3 is 14.8 Å². The SMILES string of the molecule is COc1cccc(CNC(=O)c2ccc3c(c2)COc2cnccc2-3)c1. The maximum Gasteiger partial charge on any atom is 0.251 e. The van der Waals surface area contributed by atoms with Gasteiger partial charge in [-0.2, -0.15) is 0 Å². The molecule has 0 saturated heterocycles. The van der Waals surface area contributed by atoms with E-state index in [2.05, 4.69) is 10.3 Å². The minimum Gasteiger partial charge on any atom is -0.497 e. The molecule has 3 aromatic rings. The summed E-state index contributed by atoms with van der Waals surface area (Å²) in [7, 11) is 1.63. The molecule has 4 rings (SSSR count). The Hall–Kier alpha value is -3.34. The summed E-state index contributed by atoms with van der Waals surface area (Å²) in [5.41, 5.74) is 4.69. The molecule has 0 aliphatic carbocycles. The first-order valence-electron chi connectivity index (χ1n) is 8.36. The van der Waals surface area contributed by atoms with Crippen molar-refractivity contribution in [3.8, 4) is 22.6 Å². The molecule has 0 atom stereocenters. The summed E-state index contributed by atoms with van der Waals surface area (Å²) in [5.74, 6) is 1.43. The number of hydrogen-bond donors (Lipinski definition) is 1. The number of amides is 1. The van der Waals surface area contributed by atoms with Crippen LogP contribution in [0.3, 0.4) is 0 Å². The molecular weight excluding hydrogens is 328 g/mol. The summed E-state index contributed by atoms with van der Waals surface area (Å²) in [6.45, 7) is 0.878. The zero-order valence-corrected chi connectivity index (χ0v) is 14.4. The van der Waals surface area contributed by atoms with Crippen LogP contribution in [-0.4, -0.2) is 18.0 Å². The van der Waals surface area contributed by atoms with Crippen molar-refractivity contribution in [2.75, 3.05) is 7.11 Å². The molecule has 1 aliphatic rings. The van der Waals surface area contributed by atoms with Crippen LogP contribution >= 0.6 is 0 Å². The molecule has 1 N–H and O–H groups in total. The molecule has 1 aliphatic heterocycles. The van der Waals surface area contributed by atoms with Gasteiger partial charge in [-0.25, -0.2) is 0 Å². The Labute approximate surface area is 151 Å². The van der Waals surface area contributed by atoms with Crippen LogP contribution < -0.4 is 14.8 Å². The Kier molecular flexibility index (Phi) is 4.27. The molecule has 5 nitrogen and oxygen atoms in total. The molecule has 0 radical (unpaired) electrons. The molecule has 0 fully saturated rings. The van der Waals surface area contributed by atoms with Crippen LogP contribution in [0.1, 0.15) is 21.5 Å². The second-order valence-electron chi connectivity index (χ2n) is 6.07. The van der Waals surface area contributed by atoms with Crippen molar-refractivity contribution in [2.45, 2.75) is 13.2 Å². The maximum absolute atomic E-state index is 12.5. The first-order chi connectivity index (χ1) is 12.7. The zero-order chi connectivity index (χ0) is 17.9. The fourth-order valence-corrected chi connectivity index (χ4v) is 3.06. The number of methoxy groups -OCH3 is 1. The highest BCUT2D eigenvalue weighted by atomic mass is 16.5. The number of rotatable bonds is 4. The highest BCUT2D eigenvalue weighted by Gasteiger charge is 2.18. The number of ether oxygens (including phenoxy) is 2. The topological polar surface area (TPSA) is 60.5 Å². The predicted octanol–water partition coefficient (Wildman–Crippen LogP) is 3.58. The molecule has 26 heavy (non-hydrogen) atoms. The number of aromatic nitrogens is 1. The van der Waals surface area contributed by atoms with E-state index in [0.717, 1.165) is 33.8 Å². The lowest BCUT2D eigenvalue weighted by molar-refractivity contribution is 0.0950. The molecule has 0 spiro atoms. The van der Waals surface area contributed by atoms with Crippen molar-refractivity contribution in [3.05, 3.63) is 77.6 Å². The highest BCUT2D eigenvalue weighted by molar-refractivity contribution is 5.95.